The highest BCUT2D eigenvalue weighted by atomic mass is 16.5. The molecule has 0 bridgehead atoms. The second-order valence-electron chi connectivity index (χ2n) is 4.07. The van der Waals surface area contributed by atoms with Gasteiger partial charge in [0.25, 0.3) is 11.8 Å². The van der Waals surface area contributed by atoms with E-state index in [0.717, 1.165) is 0 Å². The normalized spacial score (nSPS) is 9.84. The van der Waals surface area contributed by atoms with E-state index in [-0.39, 0.29) is 24.1 Å². The molecule has 104 valence electrons. The van der Waals surface area contributed by atoms with Crippen molar-refractivity contribution in [2.45, 2.75) is 0 Å². The lowest BCUT2D eigenvalue weighted by atomic mass is 10.4. The van der Waals surface area contributed by atoms with Crippen LogP contribution in [0.4, 0.5) is 0 Å². The first-order chi connectivity index (χ1) is 8.95. The lowest BCUT2D eigenvalue weighted by Crippen LogP contribution is -2.27. The fourth-order valence-electron chi connectivity index (χ4n) is 1.22. The molecule has 0 aliphatic carbocycles. The van der Waals surface area contributed by atoms with E-state index in [0.29, 0.717) is 12.4 Å². The second-order valence-corrected chi connectivity index (χ2v) is 4.07. The van der Waals surface area contributed by atoms with Gasteiger partial charge in [0.2, 0.25) is 5.88 Å². The molecular formula is C12H18N4O3. The van der Waals surface area contributed by atoms with Crippen LogP contribution in [0, 0.1) is 0 Å². The number of aromatic nitrogens is 2. The Morgan fingerprint density at radius 3 is 2.84 bits per heavy atom. The number of nitrogens with zero attached hydrogens (tertiary/aromatic N) is 3. The van der Waals surface area contributed by atoms with Gasteiger partial charge in [-0.3, -0.25) is 9.59 Å². The summed E-state index contributed by atoms with van der Waals surface area (Å²) in [5.41, 5.74) is 0.233. The first-order valence-corrected chi connectivity index (χ1v) is 5.71. The highest BCUT2D eigenvalue weighted by Gasteiger charge is 2.14. The molecule has 0 atom stereocenters. The summed E-state index contributed by atoms with van der Waals surface area (Å²) >= 11 is 0. The maximum atomic E-state index is 11.7. The summed E-state index contributed by atoms with van der Waals surface area (Å²) in [7, 11) is 4.92. The van der Waals surface area contributed by atoms with Crippen molar-refractivity contribution >= 4 is 11.8 Å². The minimum absolute atomic E-state index is 0.0970. The van der Waals surface area contributed by atoms with Gasteiger partial charge in [0.05, 0.1) is 0 Å². The van der Waals surface area contributed by atoms with Gasteiger partial charge >= 0.3 is 0 Å². The number of hydrogen-bond donors (Lipinski definition) is 1. The lowest BCUT2D eigenvalue weighted by molar-refractivity contribution is -0.130. The van der Waals surface area contributed by atoms with Gasteiger partial charge in [-0.1, -0.05) is 6.08 Å². The molecule has 1 rings (SSSR count). The van der Waals surface area contributed by atoms with Crippen molar-refractivity contribution in [2.75, 3.05) is 27.2 Å². The van der Waals surface area contributed by atoms with Crippen LogP contribution in [0.5, 0.6) is 5.88 Å². The number of hydrogen-bond acceptors (Lipinski definition) is 4. The Morgan fingerprint density at radius 2 is 2.26 bits per heavy atom. The van der Waals surface area contributed by atoms with Gasteiger partial charge < -0.3 is 15.0 Å². The Bertz CT molecular complexity index is 479. The molecule has 1 N–H and O–H groups in total. The minimum atomic E-state index is -0.315. The summed E-state index contributed by atoms with van der Waals surface area (Å²) in [6, 6.07) is 1.49. The number of likely N-dealkylation sites (N-methyl/N-ethyl adjacent to an activating group) is 1. The molecule has 7 heteroatoms. The van der Waals surface area contributed by atoms with Crippen LogP contribution in [0.3, 0.4) is 0 Å². The van der Waals surface area contributed by atoms with E-state index in [2.05, 4.69) is 17.0 Å². The van der Waals surface area contributed by atoms with E-state index in [1.165, 1.54) is 15.6 Å². The molecular weight excluding hydrogens is 248 g/mol. The number of aryl methyl sites for hydroxylation is 1. The summed E-state index contributed by atoms with van der Waals surface area (Å²) in [6.07, 6.45) is 1.58. The molecule has 0 aliphatic heterocycles. The monoisotopic (exact) mass is 266 g/mol. The molecule has 0 radical (unpaired) electrons. The predicted octanol–water partition coefficient (Wildman–Crippen LogP) is -0.197. The summed E-state index contributed by atoms with van der Waals surface area (Å²) in [6.45, 7) is 3.78. The average molecular weight is 266 g/mol. The van der Waals surface area contributed by atoms with E-state index in [9.17, 15) is 9.59 Å². The smallest absolute Gasteiger partial charge is 0.272 e. The Morgan fingerprint density at radius 1 is 1.58 bits per heavy atom. The average Bonchev–Trinajstić information content (AvgIpc) is 2.74. The quantitative estimate of drug-likeness (QED) is 0.724. The van der Waals surface area contributed by atoms with Crippen molar-refractivity contribution in [1.29, 1.82) is 0 Å². The number of amides is 2. The van der Waals surface area contributed by atoms with Crippen molar-refractivity contribution in [3.8, 4) is 5.88 Å². The molecule has 7 nitrogen and oxygen atoms in total. The van der Waals surface area contributed by atoms with Crippen LogP contribution in [0.2, 0.25) is 0 Å². The van der Waals surface area contributed by atoms with Gasteiger partial charge in [-0.2, -0.15) is 5.10 Å². The zero-order valence-electron chi connectivity index (χ0n) is 11.3. The minimum Gasteiger partial charge on any atom is -0.468 e. The molecule has 0 fully saturated rings. The number of rotatable bonds is 6. The van der Waals surface area contributed by atoms with Gasteiger partial charge in [-0.15, -0.1) is 6.58 Å². The molecule has 1 aromatic rings. The summed E-state index contributed by atoms with van der Waals surface area (Å²) in [5, 5.41) is 6.62. The van der Waals surface area contributed by atoms with Crippen molar-refractivity contribution in [2.24, 2.45) is 7.05 Å². The van der Waals surface area contributed by atoms with Crippen molar-refractivity contribution in [3.63, 3.8) is 0 Å². The first-order valence-electron chi connectivity index (χ1n) is 5.71. The highest BCUT2D eigenvalue weighted by Crippen LogP contribution is 2.11. The maximum Gasteiger partial charge on any atom is 0.272 e. The van der Waals surface area contributed by atoms with Gasteiger partial charge in [-0.25, -0.2) is 4.68 Å². The largest absolute Gasteiger partial charge is 0.468 e. The second kappa shape index (κ2) is 6.58. The predicted molar refractivity (Wildman–Crippen MR) is 69.9 cm³/mol. The Labute approximate surface area is 111 Å². The molecule has 0 saturated heterocycles. The van der Waals surface area contributed by atoms with Gasteiger partial charge in [0.15, 0.2) is 12.3 Å². The van der Waals surface area contributed by atoms with E-state index < -0.39 is 0 Å². The van der Waals surface area contributed by atoms with Crippen LogP contribution in [-0.4, -0.2) is 53.7 Å². The highest BCUT2D eigenvalue weighted by molar-refractivity contribution is 5.92. The SMILES string of the molecule is C=CCNC(=O)c1cc(OCC(=O)N(C)C)n(C)n1. The molecule has 19 heavy (non-hydrogen) atoms. The zero-order chi connectivity index (χ0) is 14.4. The van der Waals surface area contributed by atoms with Gasteiger partial charge in [0, 0.05) is 33.8 Å². The van der Waals surface area contributed by atoms with Crippen molar-refractivity contribution in [1.82, 2.24) is 20.0 Å². The van der Waals surface area contributed by atoms with Crippen LogP contribution < -0.4 is 10.1 Å². The molecule has 0 unspecified atom stereocenters. The first kappa shape index (κ1) is 14.7. The molecule has 0 aliphatic rings. The number of carbonyl (C=O) groups is 2. The van der Waals surface area contributed by atoms with E-state index in [1.807, 2.05) is 0 Å². The van der Waals surface area contributed by atoms with Crippen LogP contribution in [-0.2, 0) is 11.8 Å². The van der Waals surface area contributed by atoms with Crippen LogP contribution in [0.25, 0.3) is 0 Å². The molecule has 1 heterocycles. The van der Waals surface area contributed by atoms with Gasteiger partial charge in [0.1, 0.15) is 0 Å². The number of nitrogens with one attached hydrogen (secondary N) is 1. The lowest BCUT2D eigenvalue weighted by Gasteiger charge is -2.10. The summed E-state index contributed by atoms with van der Waals surface area (Å²) in [4.78, 5) is 24.5. The third-order valence-corrected chi connectivity index (χ3v) is 2.32. The topological polar surface area (TPSA) is 76.5 Å². The Kier molecular flexibility index (Phi) is 5.11. The maximum absolute atomic E-state index is 11.7. The Hall–Kier alpha value is -2.31. The number of ether oxygens (including phenoxy) is 1. The van der Waals surface area contributed by atoms with Crippen LogP contribution >= 0.6 is 0 Å². The fourth-order valence-corrected chi connectivity index (χ4v) is 1.22. The molecule has 2 amide bonds. The molecule has 1 aromatic heterocycles. The van der Waals surface area contributed by atoms with Crippen molar-refractivity contribution in [3.05, 3.63) is 24.4 Å². The third-order valence-electron chi connectivity index (χ3n) is 2.32. The van der Waals surface area contributed by atoms with Crippen LogP contribution in [0.1, 0.15) is 10.5 Å². The standard InChI is InChI=1S/C12H18N4O3/c1-5-6-13-12(18)9-7-11(16(4)14-9)19-8-10(17)15(2)3/h5,7H,1,6,8H2,2-4H3,(H,13,18). The van der Waals surface area contributed by atoms with Crippen molar-refractivity contribution < 1.29 is 14.3 Å². The fraction of sp³-hybridized carbons (Fsp3) is 0.417. The summed E-state index contributed by atoms with van der Waals surface area (Å²) < 4.78 is 6.71. The Balaban J connectivity index is 2.66. The third kappa shape index (κ3) is 4.13. The zero-order valence-corrected chi connectivity index (χ0v) is 11.3. The molecule has 0 aromatic carbocycles. The van der Waals surface area contributed by atoms with E-state index in [4.69, 9.17) is 4.74 Å². The van der Waals surface area contributed by atoms with E-state index >= 15 is 0 Å². The molecule has 0 saturated carbocycles. The number of carbonyl (C=O) groups excluding carboxylic acids is 2. The van der Waals surface area contributed by atoms with Crippen LogP contribution in [0.15, 0.2) is 18.7 Å². The summed E-state index contributed by atoms with van der Waals surface area (Å²) in [5.74, 6) is -0.123. The molecule has 0 spiro atoms. The van der Waals surface area contributed by atoms with E-state index in [1.54, 1.807) is 27.2 Å². The van der Waals surface area contributed by atoms with Gasteiger partial charge in [-0.05, 0) is 0 Å².